The Morgan fingerprint density at radius 1 is 0.857 bits per heavy atom. The van der Waals surface area contributed by atoms with Crippen LogP contribution in [0.4, 0.5) is 0 Å². The summed E-state index contributed by atoms with van der Waals surface area (Å²) in [6.45, 7) is 2.14. The van der Waals surface area contributed by atoms with Crippen molar-refractivity contribution in [3.63, 3.8) is 0 Å². The molecule has 104 valence electrons. The molecule has 0 fully saturated rings. The van der Waals surface area contributed by atoms with Gasteiger partial charge >= 0.3 is 0 Å². The van der Waals surface area contributed by atoms with Crippen molar-refractivity contribution in [2.75, 3.05) is 0 Å². The van der Waals surface area contributed by atoms with Crippen LogP contribution in [0.2, 0.25) is 0 Å². The molecule has 0 heterocycles. The first-order chi connectivity index (χ1) is 10.2. The molecule has 21 heavy (non-hydrogen) atoms. The summed E-state index contributed by atoms with van der Waals surface area (Å²) in [4.78, 5) is 0. The van der Waals surface area contributed by atoms with E-state index in [-0.39, 0.29) is 0 Å². The van der Waals surface area contributed by atoms with E-state index < -0.39 is 0 Å². The minimum absolute atomic E-state index is 0.337. The van der Waals surface area contributed by atoms with Crippen molar-refractivity contribution in [1.29, 1.82) is 10.5 Å². The van der Waals surface area contributed by atoms with Gasteiger partial charge in [0.25, 0.3) is 12.5 Å². The second-order valence-corrected chi connectivity index (χ2v) is 4.70. The Hall–Kier alpha value is -2.98. The van der Waals surface area contributed by atoms with E-state index in [2.05, 4.69) is 6.92 Å². The first kappa shape index (κ1) is 14.4. The Bertz CT molecular complexity index is 664. The van der Waals surface area contributed by atoms with E-state index >= 15 is 0 Å². The van der Waals surface area contributed by atoms with E-state index in [9.17, 15) is 0 Å². The third-order valence-corrected chi connectivity index (χ3v) is 3.24. The van der Waals surface area contributed by atoms with Crippen molar-refractivity contribution in [2.24, 2.45) is 0 Å². The Balaban J connectivity index is 2.02. The molecule has 0 N–H and O–H groups in total. The number of hydrogen-bond acceptors (Lipinski definition) is 4. The van der Waals surface area contributed by atoms with Crippen LogP contribution < -0.4 is 9.47 Å². The molecule has 0 aliphatic carbocycles. The lowest BCUT2D eigenvalue weighted by atomic mass is 9.94. The molecular formula is C17H14N2O2. The van der Waals surface area contributed by atoms with Crippen LogP contribution in [0, 0.1) is 23.0 Å². The fourth-order valence-corrected chi connectivity index (χ4v) is 2.13. The maximum absolute atomic E-state index is 8.45. The fourth-order valence-electron chi connectivity index (χ4n) is 2.13. The van der Waals surface area contributed by atoms with Crippen molar-refractivity contribution < 1.29 is 9.47 Å². The maximum atomic E-state index is 8.45. The Morgan fingerprint density at radius 2 is 1.33 bits per heavy atom. The molecule has 1 atom stereocenters. The molecule has 4 heteroatoms. The SMILES string of the molecule is CC(Cc1ccc(OC#N)cc1)c1ccc(OC#N)cc1. The van der Waals surface area contributed by atoms with E-state index in [0.29, 0.717) is 17.4 Å². The average molecular weight is 278 g/mol. The number of nitrogens with zero attached hydrogens (tertiary/aromatic N) is 2. The average Bonchev–Trinajstić information content (AvgIpc) is 2.50. The standard InChI is InChI=1S/C17H14N2O2/c1-13(15-4-8-17(9-5-15)21-12-19)10-14-2-6-16(7-3-14)20-11-18/h2-9,13H,10H2,1H3. The van der Waals surface area contributed by atoms with Gasteiger partial charge in [0.15, 0.2) is 0 Å². The number of hydrogen-bond donors (Lipinski definition) is 0. The minimum atomic E-state index is 0.337. The Kier molecular flexibility index (Phi) is 4.79. The molecule has 0 aliphatic heterocycles. The first-order valence-electron chi connectivity index (χ1n) is 6.53. The second kappa shape index (κ2) is 6.98. The van der Waals surface area contributed by atoms with Crippen molar-refractivity contribution in [3.8, 4) is 24.0 Å². The van der Waals surface area contributed by atoms with Crippen LogP contribution in [-0.4, -0.2) is 0 Å². The summed E-state index contributed by atoms with van der Waals surface area (Å²) in [5, 5.41) is 16.9. The topological polar surface area (TPSA) is 66.0 Å². The van der Waals surface area contributed by atoms with E-state index in [1.54, 1.807) is 36.8 Å². The molecule has 1 unspecified atom stereocenters. The molecule has 2 aromatic rings. The molecule has 2 rings (SSSR count). The van der Waals surface area contributed by atoms with Gasteiger partial charge in [0, 0.05) is 0 Å². The smallest absolute Gasteiger partial charge is 0.292 e. The number of rotatable bonds is 5. The zero-order chi connectivity index (χ0) is 15.1. The number of nitriles is 2. The predicted molar refractivity (Wildman–Crippen MR) is 77.5 cm³/mol. The summed E-state index contributed by atoms with van der Waals surface area (Å²) in [7, 11) is 0. The van der Waals surface area contributed by atoms with Gasteiger partial charge in [0.1, 0.15) is 11.5 Å². The van der Waals surface area contributed by atoms with Gasteiger partial charge in [-0.3, -0.25) is 0 Å². The quantitative estimate of drug-likeness (QED) is 0.781. The van der Waals surface area contributed by atoms with Crippen molar-refractivity contribution in [1.82, 2.24) is 0 Å². The molecule has 0 spiro atoms. The van der Waals surface area contributed by atoms with Crippen molar-refractivity contribution in [3.05, 3.63) is 59.7 Å². The highest BCUT2D eigenvalue weighted by Crippen LogP contribution is 2.23. The Labute approximate surface area is 123 Å². The third kappa shape index (κ3) is 3.99. The fraction of sp³-hybridized carbons (Fsp3) is 0.176. The molecule has 0 bridgehead atoms. The molecule has 0 saturated carbocycles. The molecule has 0 saturated heterocycles. The van der Waals surface area contributed by atoms with Crippen LogP contribution >= 0.6 is 0 Å². The number of benzene rings is 2. The summed E-state index contributed by atoms with van der Waals surface area (Å²) < 4.78 is 9.51. The van der Waals surface area contributed by atoms with Crippen LogP contribution in [0.1, 0.15) is 24.0 Å². The summed E-state index contributed by atoms with van der Waals surface area (Å²) >= 11 is 0. The molecule has 0 amide bonds. The Morgan fingerprint density at radius 3 is 1.81 bits per heavy atom. The van der Waals surface area contributed by atoms with Gasteiger partial charge < -0.3 is 9.47 Å². The lowest BCUT2D eigenvalue weighted by molar-refractivity contribution is 0.506. The predicted octanol–water partition coefficient (Wildman–Crippen LogP) is 3.75. The van der Waals surface area contributed by atoms with E-state index in [1.807, 2.05) is 24.3 Å². The molecule has 4 nitrogen and oxygen atoms in total. The minimum Gasteiger partial charge on any atom is -0.388 e. The zero-order valence-electron chi connectivity index (χ0n) is 11.6. The van der Waals surface area contributed by atoms with E-state index in [4.69, 9.17) is 20.0 Å². The van der Waals surface area contributed by atoms with Crippen molar-refractivity contribution >= 4 is 0 Å². The summed E-state index contributed by atoms with van der Waals surface area (Å²) in [6.07, 6.45) is 4.18. The lowest BCUT2D eigenvalue weighted by Gasteiger charge is -2.12. The molecule has 0 aromatic heterocycles. The van der Waals surface area contributed by atoms with Crippen LogP contribution in [0.25, 0.3) is 0 Å². The third-order valence-electron chi connectivity index (χ3n) is 3.24. The van der Waals surface area contributed by atoms with Gasteiger partial charge in [0.2, 0.25) is 0 Å². The maximum Gasteiger partial charge on any atom is 0.292 e. The van der Waals surface area contributed by atoms with Crippen molar-refractivity contribution in [2.45, 2.75) is 19.3 Å². The molecule has 0 radical (unpaired) electrons. The van der Waals surface area contributed by atoms with Gasteiger partial charge in [-0.15, -0.1) is 10.5 Å². The van der Waals surface area contributed by atoms with Crippen LogP contribution in [0.15, 0.2) is 48.5 Å². The highest BCUT2D eigenvalue weighted by Gasteiger charge is 2.07. The molecule has 2 aromatic carbocycles. The van der Waals surface area contributed by atoms with Gasteiger partial charge in [-0.05, 0) is 47.7 Å². The monoisotopic (exact) mass is 278 g/mol. The normalized spacial score (nSPS) is 11.0. The largest absolute Gasteiger partial charge is 0.388 e. The van der Waals surface area contributed by atoms with Gasteiger partial charge in [0.05, 0.1) is 0 Å². The highest BCUT2D eigenvalue weighted by molar-refractivity contribution is 5.32. The van der Waals surface area contributed by atoms with Crippen LogP contribution in [-0.2, 0) is 6.42 Å². The van der Waals surface area contributed by atoms with Gasteiger partial charge in [-0.2, -0.15) is 0 Å². The number of ether oxygens (including phenoxy) is 2. The van der Waals surface area contributed by atoms with Gasteiger partial charge in [-0.1, -0.05) is 31.2 Å². The summed E-state index contributed by atoms with van der Waals surface area (Å²) in [5.41, 5.74) is 2.35. The van der Waals surface area contributed by atoms with Crippen LogP contribution in [0.5, 0.6) is 11.5 Å². The first-order valence-corrected chi connectivity index (χ1v) is 6.53. The second-order valence-electron chi connectivity index (χ2n) is 4.70. The lowest BCUT2D eigenvalue weighted by Crippen LogP contribution is -1.98. The van der Waals surface area contributed by atoms with Gasteiger partial charge in [-0.25, -0.2) is 0 Å². The zero-order valence-corrected chi connectivity index (χ0v) is 11.6. The summed E-state index contributed by atoms with van der Waals surface area (Å²) in [5.74, 6) is 1.43. The van der Waals surface area contributed by atoms with Crippen LogP contribution in [0.3, 0.4) is 0 Å². The van der Waals surface area contributed by atoms with E-state index in [1.165, 1.54) is 11.1 Å². The molecule has 0 aliphatic rings. The summed E-state index contributed by atoms with van der Waals surface area (Å²) in [6, 6.07) is 15.0. The highest BCUT2D eigenvalue weighted by atomic mass is 16.5. The van der Waals surface area contributed by atoms with E-state index in [0.717, 1.165) is 6.42 Å². The molecular weight excluding hydrogens is 264 g/mol.